The van der Waals surface area contributed by atoms with Gasteiger partial charge in [0.15, 0.2) is 0 Å². The fourth-order valence-electron chi connectivity index (χ4n) is 4.46. The number of fused-ring (bicyclic) bond motifs is 1. The summed E-state index contributed by atoms with van der Waals surface area (Å²) in [4.78, 5) is 0. The van der Waals surface area contributed by atoms with E-state index in [0.717, 1.165) is 11.1 Å². The second kappa shape index (κ2) is 4.92. The van der Waals surface area contributed by atoms with Crippen molar-refractivity contribution in [2.24, 2.45) is 5.92 Å². The lowest BCUT2D eigenvalue weighted by Gasteiger charge is -2.54. The molecular formula is C19H20O3. The van der Waals surface area contributed by atoms with Crippen molar-refractivity contribution < 1.29 is 14.6 Å². The third kappa shape index (κ3) is 1.56. The van der Waals surface area contributed by atoms with Crippen LogP contribution in [0.4, 0.5) is 0 Å². The summed E-state index contributed by atoms with van der Waals surface area (Å²) in [6.07, 6.45) is -0.0882. The van der Waals surface area contributed by atoms with Crippen molar-refractivity contribution in [2.75, 3.05) is 20.8 Å². The van der Waals surface area contributed by atoms with E-state index in [1.165, 1.54) is 11.1 Å². The van der Waals surface area contributed by atoms with Crippen molar-refractivity contribution in [1.29, 1.82) is 0 Å². The minimum absolute atomic E-state index is 0.0882. The highest BCUT2D eigenvalue weighted by Crippen LogP contribution is 2.58. The van der Waals surface area contributed by atoms with E-state index in [1.807, 2.05) is 36.4 Å². The summed E-state index contributed by atoms with van der Waals surface area (Å²) in [6.45, 7) is 0.466. The molecular weight excluding hydrogens is 276 g/mol. The Bertz CT molecular complexity index is 662. The van der Waals surface area contributed by atoms with Gasteiger partial charge < -0.3 is 14.6 Å². The second-order valence-electron chi connectivity index (χ2n) is 6.18. The van der Waals surface area contributed by atoms with Crippen LogP contribution >= 0.6 is 0 Å². The minimum atomic E-state index is -1.06. The van der Waals surface area contributed by atoms with Gasteiger partial charge in [-0.1, -0.05) is 48.5 Å². The molecule has 3 aliphatic rings. The van der Waals surface area contributed by atoms with Crippen LogP contribution in [-0.4, -0.2) is 32.0 Å². The lowest BCUT2D eigenvalue weighted by Crippen LogP contribution is -2.56. The van der Waals surface area contributed by atoms with Gasteiger partial charge in [-0.3, -0.25) is 0 Å². The Hall–Kier alpha value is -1.68. The van der Waals surface area contributed by atoms with E-state index in [2.05, 4.69) is 12.1 Å². The quantitative estimate of drug-likeness (QED) is 0.946. The van der Waals surface area contributed by atoms with E-state index in [9.17, 15) is 5.11 Å². The number of methoxy groups -OCH3 is 2. The van der Waals surface area contributed by atoms with Gasteiger partial charge in [-0.25, -0.2) is 0 Å². The monoisotopic (exact) mass is 296 g/mol. The lowest BCUT2D eigenvalue weighted by molar-refractivity contribution is -0.116. The average molecular weight is 296 g/mol. The van der Waals surface area contributed by atoms with Crippen LogP contribution in [0.15, 0.2) is 48.5 Å². The smallest absolute Gasteiger partial charge is 0.123 e. The zero-order chi connectivity index (χ0) is 15.3. The summed E-state index contributed by atoms with van der Waals surface area (Å²) >= 11 is 0. The van der Waals surface area contributed by atoms with Crippen molar-refractivity contribution >= 4 is 0 Å². The van der Waals surface area contributed by atoms with E-state index in [1.54, 1.807) is 14.2 Å². The number of hydrogen-bond donors (Lipinski definition) is 1. The lowest BCUT2D eigenvalue weighted by atomic mass is 9.55. The van der Waals surface area contributed by atoms with Crippen LogP contribution in [0.2, 0.25) is 0 Å². The van der Waals surface area contributed by atoms with Gasteiger partial charge in [-0.2, -0.15) is 0 Å². The molecule has 2 atom stereocenters. The maximum Gasteiger partial charge on any atom is 0.123 e. The summed E-state index contributed by atoms with van der Waals surface area (Å²) in [5.74, 6) is 0.0314. The first-order chi connectivity index (χ1) is 10.7. The zero-order valence-electron chi connectivity index (χ0n) is 12.8. The Kier molecular flexibility index (Phi) is 3.12. The molecule has 0 saturated carbocycles. The number of aliphatic hydroxyl groups is 1. The van der Waals surface area contributed by atoms with E-state index < -0.39 is 5.60 Å². The van der Waals surface area contributed by atoms with Gasteiger partial charge in [0.1, 0.15) is 5.60 Å². The largest absolute Gasteiger partial charge is 0.384 e. The molecule has 0 aromatic heterocycles. The van der Waals surface area contributed by atoms with Crippen LogP contribution in [0.3, 0.4) is 0 Å². The zero-order valence-corrected chi connectivity index (χ0v) is 12.8. The molecule has 2 bridgehead atoms. The third-order valence-corrected chi connectivity index (χ3v) is 5.29. The average Bonchev–Trinajstić information content (AvgIpc) is 2.57. The molecule has 2 aromatic carbocycles. The second-order valence-corrected chi connectivity index (χ2v) is 6.18. The maximum atomic E-state index is 11.8. The Morgan fingerprint density at radius 3 is 2.00 bits per heavy atom. The molecule has 5 rings (SSSR count). The highest BCUT2D eigenvalue weighted by molar-refractivity contribution is 5.59. The molecule has 0 unspecified atom stereocenters. The Balaban J connectivity index is 2.04. The normalized spacial score (nSPS) is 31.7. The molecule has 0 fully saturated rings. The van der Waals surface area contributed by atoms with Gasteiger partial charge >= 0.3 is 0 Å². The van der Waals surface area contributed by atoms with Crippen LogP contribution in [0, 0.1) is 5.92 Å². The van der Waals surface area contributed by atoms with Crippen molar-refractivity contribution in [1.82, 2.24) is 0 Å². The van der Waals surface area contributed by atoms with E-state index in [-0.39, 0.29) is 17.9 Å². The molecule has 3 aliphatic carbocycles. The molecule has 1 N–H and O–H groups in total. The maximum absolute atomic E-state index is 11.8. The first kappa shape index (κ1) is 13.9. The van der Waals surface area contributed by atoms with Crippen LogP contribution < -0.4 is 0 Å². The third-order valence-electron chi connectivity index (χ3n) is 5.29. The van der Waals surface area contributed by atoms with Gasteiger partial charge in [0.05, 0.1) is 12.7 Å². The molecule has 0 spiro atoms. The van der Waals surface area contributed by atoms with E-state index in [0.29, 0.717) is 6.61 Å². The summed E-state index contributed by atoms with van der Waals surface area (Å²) in [6, 6.07) is 16.3. The summed E-state index contributed by atoms with van der Waals surface area (Å²) in [5, 5.41) is 11.8. The molecule has 3 nitrogen and oxygen atoms in total. The predicted molar refractivity (Wildman–Crippen MR) is 83.9 cm³/mol. The van der Waals surface area contributed by atoms with Crippen LogP contribution in [0.25, 0.3) is 0 Å². The molecule has 0 heterocycles. The molecule has 0 saturated heterocycles. The van der Waals surface area contributed by atoms with E-state index >= 15 is 0 Å². The topological polar surface area (TPSA) is 38.7 Å². The molecule has 0 amide bonds. The fourth-order valence-corrected chi connectivity index (χ4v) is 4.46. The number of benzene rings is 2. The first-order valence-electron chi connectivity index (χ1n) is 7.66. The summed E-state index contributed by atoms with van der Waals surface area (Å²) in [7, 11) is 3.40. The van der Waals surface area contributed by atoms with Crippen LogP contribution in [0.5, 0.6) is 0 Å². The van der Waals surface area contributed by atoms with Gasteiger partial charge in [0.2, 0.25) is 0 Å². The van der Waals surface area contributed by atoms with E-state index in [4.69, 9.17) is 9.47 Å². The van der Waals surface area contributed by atoms with Crippen molar-refractivity contribution in [3.8, 4) is 0 Å². The Morgan fingerprint density at radius 2 is 1.50 bits per heavy atom. The molecule has 0 aliphatic heterocycles. The molecule has 2 aromatic rings. The standard InChI is InChI=1S/C19H20O3/c1-21-11-16-18(22-2)17-12-7-3-5-9-14(12)19(16,20)15-10-6-4-8-13(15)17/h3-10,16-18,20H,11H2,1-2H3/t16-,17?,18+,19?/m0/s1. The highest BCUT2D eigenvalue weighted by atomic mass is 16.5. The number of ether oxygens (including phenoxy) is 2. The number of rotatable bonds is 3. The molecule has 22 heavy (non-hydrogen) atoms. The Morgan fingerprint density at radius 1 is 0.955 bits per heavy atom. The van der Waals surface area contributed by atoms with Crippen LogP contribution in [0.1, 0.15) is 28.2 Å². The molecule has 3 heteroatoms. The van der Waals surface area contributed by atoms with Crippen molar-refractivity contribution in [2.45, 2.75) is 17.6 Å². The minimum Gasteiger partial charge on any atom is -0.384 e. The SMILES string of the molecule is COC[C@H]1[C@@H](OC)C2c3ccccc3C1(O)c1ccccc12. The predicted octanol–water partition coefficient (Wildman–Crippen LogP) is 2.66. The number of hydrogen-bond acceptors (Lipinski definition) is 3. The molecule has 0 radical (unpaired) electrons. The van der Waals surface area contributed by atoms with Crippen LogP contribution in [-0.2, 0) is 15.1 Å². The van der Waals surface area contributed by atoms with Gasteiger partial charge in [-0.15, -0.1) is 0 Å². The summed E-state index contributed by atoms with van der Waals surface area (Å²) < 4.78 is 11.3. The van der Waals surface area contributed by atoms with Crippen molar-refractivity contribution in [3.05, 3.63) is 70.8 Å². The molecule has 114 valence electrons. The van der Waals surface area contributed by atoms with Crippen molar-refractivity contribution in [3.63, 3.8) is 0 Å². The fraction of sp³-hybridized carbons (Fsp3) is 0.368. The highest BCUT2D eigenvalue weighted by Gasteiger charge is 2.58. The Labute approximate surface area is 130 Å². The van der Waals surface area contributed by atoms with Gasteiger partial charge in [0.25, 0.3) is 0 Å². The summed E-state index contributed by atoms with van der Waals surface area (Å²) in [5.41, 5.74) is 3.27. The van der Waals surface area contributed by atoms with Gasteiger partial charge in [-0.05, 0) is 22.3 Å². The first-order valence-corrected chi connectivity index (χ1v) is 7.66. The van der Waals surface area contributed by atoms with Gasteiger partial charge in [0, 0.05) is 26.1 Å².